The molecule has 4 nitrogen and oxygen atoms in total. The van der Waals surface area contributed by atoms with E-state index in [2.05, 4.69) is 5.32 Å². The Hall–Kier alpha value is -3.01. The van der Waals surface area contributed by atoms with E-state index >= 15 is 0 Å². The van der Waals surface area contributed by atoms with Crippen LogP contribution < -0.4 is 10.2 Å². The highest BCUT2D eigenvalue weighted by Gasteiger charge is 2.21. The van der Waals surface area contributed by atoms with Crippen LogP contribution in [-0.2, 0) is 4.79 Å². The Kier molecular flexibility index (Phi) is 4.61. The predicted octanol–water partition coefficient (Wildman–Crippen LogP) is 3.84. The summed E-state index contributed by atoms with van der Waals surface area (Å²) in [5.74, 6) is 0.0307. The average molecular weight is 334 g/mol. The molecule has 0 aliphatic carbocycles. The number of aromatic hydroxyl groups is 1. The van der Waals surface area contributed by atoms with Crippen molar-refractivity contribution in [3.05, 3.63) is 71.8 Å². The molecule has 2 N–H and O–H groups in total. The summed E-state index contributed by atoms with van der Waals surface area (Å²) in [6.45, 7) is 1.49. The lowest BCUT2D eigenvalue weighted by Crippen LogP contribution is -2.27. The molecule has 0 unspecified atom stereocenters. The fourth-order valence-corrected chi connectivity index (χ4v) is 3.08. The number of benzene rings is 3. The highest BCUT2D eigenvalue weighted by Crippen LogP contribution is 2.36. The van der Waals surface area contributed by atoms with Gasteiger partial charge in [-0.15, -0.1) is 0 Å². The van der Waals surface area contributed by atoms with Gasteiger partial charge in [0.25, 0.3) is 0 Å². The fraction of sp³-hybridized carbons (Fsp3) is 0.190. The standard InChI is InChI=1S/C21H22N2O2/c1-14(24)22-21(16-8-11-17(12-9-16)23(2)3)20-18-7-5-4-6-15(18)10-13-19(20)25/h4-13,21,25H,1-3H3,(H,22,24)/t21-/m0/s1. The van der Waals surface area contributed by atoms with Gasteiger partial charge in [-0.05, 0) is 34.5 Å². The molecule has 3 rings (SSSR count). The Labute approximate surface area is 147 Å². The van der Waals surface area contributed by atoms with Crippen molar-refractivity contribution in [1.82, 2.24) is 5.32 Å². The molecular weight excluding hydrogens is 312 g/mol. The van der Waals surface area contributed by atoms with Gasteiger partial charge >= 0.3 is 0 Å². The van der Waals surface area contributed by atoms with E-state index in [0.29, 0.717) is 5.56 Å². The van der Waals surface area contributed by atoms with Gasteiger partial charge in [-0.3, -0.25) is 4.79 Å². The summed E-state index contributed by atoms with van der Waals surface area (Å²) in [5.41, 5.74) is 2.71. The van der Waals surface area contributed by atoms with Crippen molar-refractivity contribution >= 4 is 22.4 Å². The third kappa shape index (κ3) is 3.43. The molecule has 3 aromatic carbocycles. The SMILES string of the molecule is CC(=O)N[C@@H](c1ccc(N(C)C)cc1)c1c(O)ccc2ccccc12. The molecule has 0 aliphatic rings. The number of nitrogens with one attached hydrogen (secondary N) is 1. The van der Waals surface area contributed by atoms with E-state index in [-0.39, 0.29) is 11.7 Å². The molecule has 0 saturated heterocycles. The molecule has 0 spiro atoms. The number of carbonyl (C=O) groups is 1. The largest absolute Gasteiger partial charge is 0.508 e. The first-order valence-electron chi connectivity index (χ1n) is 8.22. The first-order chi connectivity index (χ1) is 12.0. The Morgan fingerprint density at radius 3 is 2.32 bits per heavy atom. The van der Waals surface area contributed by atoms with Crippen LogP contribution in [0.3, 0.4) is 0 Å². The van der Waals surface area contributed by atoms with Gasteiger partial charge in [0, 0.05) is 32.3 Å². The van der Waals surface area contributed by atoms with Crippen LogP contribution in [0.5, 0.6) is 5.75 Å². The molecule has 0 aliphatic heterocycles. The molecule has 25 heavy (non-hydrogen) atoms. The van der Waals surface area contributed by atoms with Gasteiger partial charge in [0.2, 0.25) is 5.91 Å². The third-order valence-corrected chi connectivity index (χ3v) is 4.33. The van der Waals surface area contributed by atoms with Gasteiger partial charge in [-0.2, -0.15) is 0 Å². The number of hydrogen-bond donors (Lipinski definition) is 2. The van der Waals surface area contributed by atoms with Crippen LogP contribution in [0.1, 0.15) is 24.1 Å². The van der Waals surface area contributed by atoms with E-state index in [9.17, 15) is 9.90 Å². The smallest absolute Gasteiger partial charge is 0.217 e. The number of fused-ring (bicyclic) bond motifs is 1. The molecule has 0 aromatic heterocycles. The van der Waals surface area contributed by atoms with Crippen LogP contribution in [-0.4, -0.2) is 25.1 Å². The van der Waals surface area contributed by atoms with Crippen LogP contribution in [0.2, 0.25) is 0 Å². The van der Waals surface area contributed by atoms with Crippen LogP contribution in [0, 0.1) is 0 Å². The summed E-state index contributed by atoms with van der Waals surface area (Å²) >= 11 is 0. The summed E-state index contributed by atoms with van der Waals surface area (Å²) in [7, 11) is 3.97. The van der Waals surface area contributed by atoms with E-state index < -0.39 is 6.04 Å². The number of anilines is 1. The number of hydrogen-bond acceptors (Lipinski definition) is 3. The number of nitrogens with zero attached hydrogens (tertiary/aromatic N) is 1. The molecule has 0 radical (unpaired) electrons. The van der Waals surface area contributed by atoms with Crippen molar-refractivity contribution in [1.29, 1.82) is 0 Å². The second-order valence-corrected chi connectivity index (χ2v) is 6.34. The topological polar surface area (TPSA) is 52.6 Å². The highest BCUT2D eigenvalue weighted by molar-refractivity contribution is 5.89. The Morgan fingerprint density at radius 2 is 1.68 bits per heavy atom. The number of carbonyl (C=O) groups excluding carboxylic acids is 1. The minimum atomic E-state index is -0.417. The van der Waals surface area contributed by atoms with Crippen molar-refractivity contribution in [2.75, 3.05) is 19.0 Å². The zero-order valence-corrected chi connectivity index (χ0v) is 14.7. The molecule has 128 valence electrons. The third-order valence-electron chi connectivity index (χ3n) is 4.33. The van der Waals surface area contributed by atoms with E-state index in [1.165, 1.54) is 6.92 Å². The number of rotatable bonds is 4. The molecule has 1 amide bonds. The van der Waals surface area contributed by atoms with Crippen LogP contribution in [0.15, 0.2) is 60.7 Å². The lowest BCUT2D eigenvalue weighted by Gasteiger charge is -2.23. The van der Waals surface area contributed by atoms with Crippen LogP contribution in [0.25, 0.3) is 10.8 Å². The Balaban J connectivity index is 2.17. The second-order valence-electron chi connectivity index (χ2n) is 6.34. The molecule has 4 heteroatoms. The van der Waals surface area contributed by atoms with Crippen molar-refractivity contribution in [3.8, 4) is 5.75 Å². The van der Waals surface area contributed by atoms with Crippen molar-refractivity contribution in [2.45, 2.75) is 13.0 Å². The lowest BCUT2D eigenvalue weighted by molar-refractivity contribution is -0.119. The normalized spacial score (nSPS) is 12.0. The molecule has 0 saturated carbocycles. The molecule has 0 bridgehead atoms. The van der Waals surface area contributed by atoms with Gasteiger partial charge < -0.3 is 15.3 Å². The molecule has 3 aromatic rings. The fourth-order valence-electron chi connectivity index (χ4n) is 3.08. The maximum Gasteiger partial charge on any atom is 0.217 e. The number of phenols is 1. The summed E-state index contributed by atoms with van der Waals surface area (Å²) < 4.78 is 0. The molecule has 0 fully saturated rings. The van der Waals surface area contributed by atoms with Crippen LogP contribution >= 0.6 is 0 Å². The van der Waals surface area contributed by atoms with Crippen molar-refractivity contribution in [3.63, 3.8) is 0 Å². The lowest BCUT2D eigenvalue weighted by atomic mass is 9.92. The minimum Gasteiger partial charge on any atom is -0.508 e. The van der Waals surface area contributed by atoms with Crippen molar-refractivity contribution in [2.24, 2.45) is 0 Å². The average Bonchev–Trinajstić information content (AvgIpc) is 2.60. The number of amides is 1. The van der Waals surface area contributed by atoms with E-state index in [4.69, 9.17) is 0 Å². The first-order valence-corrected chi connectivity index (χ1v) is 8.22. The minimum absolute atomic E-state index is 0.144. The van der Waals surface area contributed by atoms with Crippen molar-refractivity contribution < 1.29 is 9.90 Å². The second kappa shape index (κ2) is 6.85. The van der Waals surface area contributed by atoms with Gasteiger partial charge in [-0.1, -0.05) is 42.5 Å². The Morgan fingerprint density at radius 1 is 1.00 bits per heavy atom. The highest BCUT2D eigenvalue weighted by atomic mass is 16.3. The summed E-state index contributed by atoms with van der Waals surface area (Å²) in [6.07, 6.45) is 0. The van der Waals surface area contributed by atoms with E-state index in [1.54, 1.807) is 6.07 Å². The number of phenolic OH excluding ortho intramolecular Hbond substituents is 1. The predicted molar refractivity (Wildman–Crippen MR) is 102 cm³/mol. The summed E-state index contributed by atoms with van der Waals surface area (Å²) in [6, 6.07) is 19.0. The van der Waals surface area contributed by atoms with Gasteiger partial charge in [0.15, 0.2) is 0 Å². The monoisotopic (exact) mass is 334 g/mol. The molecule has 1 atom stereocenters. The zero-order valence-electron chi connectivity index (χ0n) is 14.7. The van der Waals surface area contributed by atoms with E-state index in [1.807, 2.05) is 73.6 Å². The molecule has 0 heterocycles. The summed E-state index contributed by atoms with van der Waals surface area (Å²) in [5, 5.41) is 15.5. The van der Waals surface area contributed by atoms with Crippen LogP contribution in [0.4, 0.5) is 5.69 Å². The first kappa shape index (κ1) is 16.8. The molecular formula is C21H22N2O2. The van der Waals surface area contributed by atoms with Gasteiger partial charge in [-0.25, -0.2) is 0 Å². The summed E-state index contributed by atoms with van der Waals surface area (Å²) in [4.78, 5) is 13.8. The Bertz CT molecular complexity index is 901. The quantitative estimate of drug-likeness (QED) is 0.762. The van der Waals surface area contributed by atoms with Gasteiger partial charge in [0.1, 0.15) is 5.75 Å². The zero-order chi connectivity index (χ0) is 18.0. The maximum absolute atomic E-state index is 11.8. The maximum atomic E-state index is 11.8. The van der Waals surface area contributed by atoms with E-state index in [0.717, 1.165) is 22.0 Å². The van der Waals surface area contributed by atoms with Gasteiger partial charge in [0.05, 0.1) is 6.04 Å².